The van der Waals surface area contributed by atoms with Crippen molar-refractivity contribution in [2.45, 2.75) is 117 Å². The molecule has 0 aliphatic heterocycles. The minimum absolute atomic E-state index is 0.0438. The predicted octanol–water partition coefficient (Wildman–Crippen LogP) is 5.89. The highest BCUT2D eigenvalue weighted by Crippen LogP contribution is 2.30. The van der Waals surface area contributed by atoms with Gasteiger partial charge in [0.2, 0.25) is 0 Å². The number of rotatable bonds is 18. The van der Waals surface area contributed by atoms with Gasteiger partial charge in [-0.1, -0.05) is 46.1 Å². The van der Waals surface area contributed by atoms with Crippen LogP contribution < -0.4 is 14.8 Å². The summed E-state index contributed by atoms with van der Waals surface area (Å²) in [5.74, 6) is -0.939. The van der Waals surface area contributed by atoms with E-state index in [4.69, 9.17) is 28.4 Å². The monoisotopic (exact) mass is 581 g/mol. The van der Waals surface area contributed by atoms with Crippen LogP contribution in [0.15, 0.2) is 18.2 Å². The van der Waals surface area contributed by atoms with Gasteiger partial charge in [-0.2, -0.15) is 0 Å². The molecule has 3 unspecified atom stereocenters. The molecule has 1 aromatic rings. The largest absolute Gasteiger partial charge is 0.514 e. The van der Waals surface area contributed by atoms with Crippen molar-refractivity contribution in [2.24, 2.45) is 0 Å². The van der Waals surface area contributed by atoms with Crippen LogP contribution in [0.4, 0.5) is 9.59 Å². The standard InChI is InChI=1S/C30H47NO10/c1-8-11-14-27(32)37-22(6)19-31-24(28(33)36-7)17-23-15-16-25(40-29(34)38-20(4)12-9-2)26(18-23)41-30(35)39-21(5)13-10-3/h15-16,18,20-22,24,31H,8-14,17,19H2,1-7H3/t20?,21?,22?,24-/m0/s1. The molecule has 0 aliphatic carbocycles. The zero-order valence-electron chi connectivity index (χ0n) is 25.5. The van der Waals surface area contributed by atoms with Crippen LogP contribution in [0.25, 0.3) is 0 Å². The summed E-state index contributed by atoms with van der Waals surface area (Å²) in [6.45, 7) is 11.4. The van der Waals surface area contributed by atoms with Crippen molar-refractivity contribution in [1.82, 2.24) is 5.32 Å². The normalized spacial score (nSPS) is 13.7. The molecule has 0 radical (unpaired) electrons. The zero-order chi connectivity index (χ0) is 30.8. The number of hydrogen-bond acceptors (Lipinski definition) is 11. The van der Waals surface area contributed by atoms with Gasteiger partial charge in [-0.25, -0.2) is 9.59 Å². The molecule has 4 atom stereocenters. The smallest absolute Gasteiger partial charge is 0.468 e. The number of methoxy groups -OCH3 is 1. The maximum Gasteiger partial charge on any atom is 0.514 e. The van der Waals surface area contributed by atoms with Crippen molar-refractivity contribution in [3.63, 3.8) is 0 Å². The van der Waals surface area contributed by atoms with Crippen LogP contribution in [0.1, 0.15) is 92.1 Å². The highest BCUT2D eigenvalue weighted by atomic mass is 16.7. The van der Waals surface area contributed by atoms with Crippen molar-refractivity contribution in [3.8, 4) is 11.5 Å². The summed E-state index contributed by atoms with van der Waals surface area (Å²) in [4.78, 5) is 49.3. The molecule has 0 saturated heterocycles. The van der Waals surface area contributed by atoms with E-state index in [9.17, 15) is 19.2 Å². The molecule has 1 aromatic carbocycles. The number of unbranched alkanes of at least 4 members (excludes halogenated alkanes) is 1. The maximum absolute atomic E-state index is 12.5. The second kappa shape index (κ2) is 19.7. The van der Waals surface area contributed by atoms with Gasteiger partial charge in [0.05, 0.1) is 7.11 Å². The number of carbonyl (C=O) groups excluding carboxylic acids is 4. The van der Waals surface area contributed by atoms with Gasteiger partial charge in [-0.3, -0.25) is 9.59 Å². The fourth-order valence-electron chi connectivity index (χ4n) is 3.90. The summed E-state index contributed by atoms with van der Waals surface area (Å²) in [5.41, 5.74) is 0.574. The lowest BCUT2D eigenvalue weighted by Crippen LogP contribution is -2.43. The molecule has 11 nitrogen and oxygen atoms in total. The van der Waals surface area contributed by atoms with Crippen LogP contribution >= 0.6 is 0 Å². The maximum atomic E-state index is 12.5. The van der Waals surface area contributed by atoms with E-state index in [1.165, 1.54) is 19.2 Å². The summed E-state index contributed by atoms with van der Waals surface area (Å²) in [7, 11) is 1.27. The molecule has 0 aromatic heterocycles. The van der Waals surface area contributed by atoms with E-state index in [1.807, 2.05) is 20.8 Å². The number of ether oxygens (including phenoxy) is 6. The predicted molar refractivity (Wildman–Crippen MR) is 152 cm³/mol. The van der Waals surface area contributed by atoms with Crippen molar-refractivity contribution in [3.05, 3.63) is 23.8 Å². The van der Waals surface area contributed by atoms with E-state index in [1.54, 1.807) is 26.8 Å². The molecule has 11 heteroatoms. The molecular weight excluding hydrogens is 534 g/mol. The first-order valence-electron chi connectivity index (χ1n) is 14.4. The average Bonchev–Trinajstić information content (AvgIpc) is 2.90. The van der Waals surface area contributed by atoms with Gasteiger partial charge >= 0.3 is 24.2 Å². The second-order valence-electron chi connectivity index (χ2n) is 10.0. The lowest BCUT2D eigenvalue weighted by atomic mass is 10.0. The summed E-state index contributed by atoms with van der Waals surface area (Å²) in [5, 5.41) is 3.07. The Morgan fingerprint density at radius 1 is 0.780 bits per heavy atom. The van der Waals surface area contributed by atoms with Gasteiger partial charge in [0.15, 0.2) is 11.5 Å². The number of esters is 2. The van der Waals surface area contributed by atoms with E-state index < -0.39 is 30.4 Å². The first kappa shape index (κ1) is 35.7. The van der Waals surface area contributed by atoms with E-state index in [0.717, 1.165) is 25.7 Å². The quantitative estimate of drug-likeness (QED) is 0.126. The third kappa shape index (κ3) is 14.7. The van der Waals surface area contributed by atoms with Crippen LogP contribution in [-0.4, -0.2) is 62.3 Å². The van der Waals surface area contributed by atoms with Gasteiger partial charge < -0.3 is 33.7 Å². The number of benzene rings is 1. The first-order chi connectivity index (χ1) is 19.5. The van der Waals surface area contributed by atoms with Gasteiger partial charge in [0.1, 0.15) is 24.4 Å². The summed E-state index contributed by atoms with van der Waals surface area (Å²) in [6.07, 6.45) is 1.98. The number of nitrogens with one attached hydrogen (secondary N) is 1. The lowest BCUT2D eigenvalue weighted by molar-refractivity contribution is -0.148. The molecule has 41 heavy (non-hydrogen) atoms. The Kier molecular flexibility index (Phi) is 17.1. The fourth-order valence-corrected chi connectivity index (χ4v) is 3.90. The van der Waals surface area contributed by atoms with E-state index in [0.29, 0.717) is 24.8 Å². The van der Waals surface area contributed by atoms with Crippen LogP contribution in [-0.2, 0) is 35.0 Å². The highest BCUT2D eigenvalue weighted by Gasteiger charge is 2.24. The molecule has 1 rings (SSSR count). The number of hydrogen-bond donors (Lipinski definition) is 1. The van der Waals surface area contributed by atoms with E-state index in [2.05, 4.69) is 5.32 Å². The Morgan fingerprint density at radius 3 is 1.90 bits per heavy atom. The van der Waals surface area contributed by atoms with Gasteiger partial charge in [-0.05, 0) is 64.2 Å². The van der Waals surface area contributed by atoms with Crippen molar-refractivity contribution < 1.29 is 47.6 Å². The van der Waals surface area contributed by atoms with Crippen molar-refractivity contribution in [2.75, 3.05) is 13.7 Å². The molecular formula is C30H47NO10. The van der Waals surface area contributed by atoms with Gasteiger partial charge in [0.25, 0.3) is 0 Å². The molecule has 0 saturated carbocycles. The molecule has 0 fully saturated rings. The minimum Gasteiger partial charge on any atom is -0.468 e. The van der Waals surface area contributed by atoms with Crippen LogP contribution in [0.3, 0.4) is 0 Å². The van der Waals surface area contributed by atoms with Crippen molar-refractivity contribution >= 4 is 24.2 Å². The van der Waals surface area contributed by atoms with E-state index >= 15 is 0 Å². The molecule has 0 spiro atoms. The van der Waals surface area contributed by atoms with E-state index in [-0.39, 0.29) is 42.6 Å². The SMILES string of the molecule is CCCCC(=O)OC(C)CN[C@@H](Cc1ccc(OC(=O)OC(C)CCC)c(OC(=O)OC(C)CCC)c1)C(=O)OC. The minimum atomic E-state index is -0.956. The topological polar surface area (TPSA) is 136 Å². The zero-order valence-corrected chi connectivity index (χ0v) is 25.5. The Balaban J connectivity index is 3.08. The molecule has 232 valence electrons. The van der Waals surface area contributed by atoms with Gasteiger partial charge in [0, 0.05) is 13.0 Å². The van der Waals surface area contributed by atoms with Crippen LogP contribution in [0.5, 0.6) is 11.5 Å². The van der Waals surface area contributed by atoms with Crippen LogP contribution in [0, 0.1) is 0 Å². The third-order valence-corrected chi connectivity index (χ3v) is 6.02. The molecule has 1 N–H and O–H groups in total. The van der Waals surface area contributed by atoms with Crippen molar-refractivity contribution in [1.29, 1.82) is 0 Å². The highest BCUT2D eigenvalue weighted by molar-refractivity contribution is 5.76. The van der Waals surface area contributed by atoms with Crippen LogP contribution in [0.2, 0.25) is 0 Å². The fraction of sp³-hybridized carbons (Fsp3) is 0.667. The molecule has 0 amide bonds. The Bertz CT molecular complexity index is 967. The Hall–Kier alpha value is -3.34. The first-order valence-corrected chi connectivity index (χ1v) is 14.4. The Morgan fingerprint density at radius 2 is 1.37 bits per heavy atom. The Labute approximate surface area is 243 Å². The second-order valence-corrected chi connectivity index (χ2v) is 10.0. The average molecular weight is 582 g/mol. The molecule has 0 aliphatic rings. The third-order valence-electron chi connectivity index (χ3n) is 6.02. The molecule has 0 heterocycles. The summed E-state index contributed by atoms with van der Waals surface area (Å²) in [6, 6.07) is 3.76. The summed E-state index contributed by atoms with van der Waals surface area (Å²) < 4.78 is 31.6. The number of carbonyl (C=O) groups is 4. The molecule has 0 bridgehead atoms. The summed E-state index contributed by atoms with van der Waals surface area (Å²) >= 11 is 0. The van der Waals surface area contributed by atoms with Gasteiger partial charge in [-0.15, -0.1) is 0 Å². The lowest BCUT2D eigenvalue weighted by Gasteiger charge is -2.20.